The van der Waals surface area contributed by atoms with E-state index in [2.05, 4.69) is 16.3 Å². The highest BCUT2D eigenvalue weighted by Crippen LogP contribution is 2.28. The molecule has 0 aliphatic carbocycles. The van der Waals surface area contributed by atoms with Gasteiger partial charge in [0.05, 0.1) is 17.6 Å². The summed E-state index contributed by atoms with van der Waals surface area (Å²) >= 11 is 1.26. The summed E-state index contributed by atoms with van der Waals surface area (Å²) in [6, 6.07) is 3.90. The second-order valence-electron chi connectivity index (χ2n) is 6.11. The molecule has 1 aromatic carbocycles. The van der Waals surface area contributed by atoms with Gasteiger partial charge in [0, 0.05) is 5.56 Å². The zero-order valence-corrected chi connectivity index (χ0v) is 15.8. The molecule has 130 valence electrons. The summed E-state index contributed by atoms with van der Waals surface area (Å²) in [5, 5.41) is 8.41. The van der Waals surface area contributed by atoms with Gasteiger partial charge in [0.2, 0.25) is 0 Å². The van der Waals surface area contributed by atoms with Crippen LogP contribution in [0, 0.1) is 34.6 Å². The third-order valence-corrected chi connectivity index (χ3v) is 5.29. The van der Waals surface area contributed by atoms with Gasteiger partial charge in [-0.25, -0.2) is 0 Å². The Bertz CT molecular complexity index is 914. The normalized spacial score (nSPS) is 11.1. The highest BCUT2D eigenvalue weighted by Gasteiger charge is 2.18. The van der Waals surface area contributed by atoms with Crippen molar-refractivity contribution < 1.29 is 13.6 Å². The fourth-order valence-electron chi connectivity index (χ4n) is 2.82. The summed E-state index contributed by atoms with van der Waals surface area (Å²) in [4.78, 5) is 12.7. The van der Waals surface area contributed by atoms with Gasteiger partial charge in [0.25, 0.3) is 11.1 Å². The lowest BCUT2D eigenvalue weighted by Gasteiger charge is -2.13. The second-order valence-corrected chi connectivity index (χ2v) is 7.04. The van der Waals surface area contributed by atoms with Crippen LogP contribution >= 0.6 is 11.8 Å². The van der Waals surface area contributed by atoms with Crippen LogP contribution in [0.4, 0.5) is 0 Å². The minimum atomic E-state index is 0.0750. The summed E-state index contributed by atoms with van der Waals surface area (Å²) in [5.41, 5.74) is 5.91. The zero-order valence-electron chi connectivity index (χ0n) is 15.0. The van der Waals surface area contributed by atoms with E-state index in [1.54, 1.807) is 12.3 Å². The van der Waals surface area contributed by atoms with Crippen molar-refractivity contribution in [1.82, 2.24) is 10.2 Å². The Kier molecular flexibility index (Phi) is 4.81. The lowest BCUT2D eigenvalue weighted by molar-refractivity contribution is 0.102. The Morgan fingerprint density at radius 1 is 1.08 bits per heavy atom. The van der Waals surface area contributed by atoms with Crippen LogP contribution in [0.2, 0.25) is 0 Å². The van der Waals surface area contributed by atoms with Crippen molar-refractivity contribution in [3.05, 3.63) is 52.0 Å². The number of Topliss-reactive ketones (excluding diaryl/α,β-unsaturated/α-hetero) is 1. The van der Waals surface area contributed by atoms with E-state index in [0.29, 0.717) is 11.1 Å². The Labute approximate surface area is 150 Å². The Hall–Kier alpha value is -2.34. The van der Waals surface area contributed by atoms with Gasteiger partial charge in [-0.05, 0) is 62.9 Å². The maximum Gasteiger partial charge on any atom is 0.277 e. The lowest BCUT2D eigenvalue weighted by atomic mass is 9.92. The molecule has 0 bridgehead atoms. The molecule has 0 unspecified atom stereocenters. The molecular weight excluding hydrogens is 336 g/mol. The van der Waals surface area contributed by atoms with Crippen LogP contribution in [0.1, 0.15) is 38.4 Å². The number of hydrogen-bond donors (Lipinski definition) is 0. The molecule has 0 atom stereocenters. The zero-order chi connectivity index (χ0) is 18.1. The molecule has 0 aliphatic heterocycles. The fourth-order valence-corrected chi connectivity index (χ4v) is 3.45. The Morgan fingerprint density at radius 2 is 1.76 bits per heavy atom. The van der Waals surface area contributed by atoms with Crippen LogP contribution < -0.4 is 0 Å². The van der Waals surface area contributed by atoms with Gasteiger partial charge in [0.1, 0.15) is 5.76 Å². The maximum atomic E-state index is 12.7. The van der Waals surface area contributed by atoms with E-state index in [9.17, 15) is 4.79 Å². The summed E-state index contributed by atoms with van der Waals surface area (Å²) in [7, 11) is 0. The first-order valence-corrected chi connectivity index (χ1v) is 8.98. The van der Waals surface area contributed by atoms with Crippen LogP contribution in [0.5, 0.6) is 0 Å². The number of carbonyl (C=O) groups excluding carboxylic acids is 1. The molecule has 0 amide bonds. The van der Waals surface area contributed by atoms with E-state index in [-0.39, 0.29) is 11.5 Å². The summed E-state index contributed by atoms with van der Waals surface area (Å²) in [6.45, 7) is 9.88. The summed E-state index contributed by atoms with van der Waals surface area (Å²) in [5.74, 6) is 1.46. The Balaban J connectivity index is 1.76. The quantitative estimate of drug-likeness (QED) is 0.481. The standard InChI is InChI=1S/C19H20N2O3S/c1-10-8-11(2)13(4)17(12(10)3)16(22)9-25-19-21-20-18(24-19)15-6-7-23-14(15)5/h6-8H,9H2,1-5H3. The average molecular weight is 356 g/mol. The number of hydrogen-bond acceptors (Lipinski definition) is 6. The molecule has 5 nitrogen and oxygen atoms in total. The molecule has 0 radical (unpaired) electrons. The molecule has 25 heavy (non-hydrogen) atoms. The maximum absolute atomic E-state index is 12.7. The number of aryl methyl sites for hydroxylation is 3. The van der Waals surface area contributed by atoms with Crippen molar-refractivity contribution in [2.45, 2.75) is 39.8 Å². The highest BCUT2D eigenvalue weighted by molar-refractivity contribution is 7.99. The van der Waals surface area contributed by atoms with E-state index in [4.69, 9.17) is 8.83 Å². The molecule has 3 aromatic rings. The largest absolute Gasteiger partial charge is 0.469 e. The third kappa shape index (κ3) is 3.39. The average Bonchev–Trinajstić information content (AvgIpc) is 3.19. The van der Waals surface area contributed by atoms with Gasteiger partial charge >= 0.3 is 0 Å². The monoisotopic (exact) mass is 356 g/mol. The van der Waals surface area contributed by atoms with Crippen molar-refractivity contribution in [1.29, 1.82) is 0 Å². The van der Waals surface area contributed by atoms with E-state index >= 15 is 0 Å². The van der Waals surface area contributed by atoms with Gasteiger partial charge in [-0.15, -0.1) is 10.2 Å². The van der Waals surface area contributed by atoms with Crippen molar-refractivity contribution in [3.63, 3.8) is 0 Å². The minimum absolute atomic E-state index is 0.0750. The molecule has 2 heterocycles. The Morgan fingerprint density at radius 3 is 2.36 bits per heavy atom. The lowest BCUT2D eigenvalue weighted by Crippen LogP contribution is -2.10. The fraction of sp³-hybridized carbons (Fsp3) is 0.316. The van der Waals surface area contributed by atoms with E-state index in [1.807, 2.05) is 34.6 Å². The first-order chi connectivity index (χ1) is 11.9. The third-order valence-electron chi connectivity index (χ3n) is 4.47. The van der Waals surface area contributed by atoms with Crippen molar-refractivity contribution >= 4 is 17.5 Å². The van der Waals surface area contributed by atoms with E-state index < -0.39 is 0 Å². The van der Waals surface area contributed by atoms with Crippen molar-refractivity contribution in [3.8, 4) is 11.5 Å². The molecule has 0 fully saturated rings. The van der Waals surface area contributed by atoms with Gasteiger partial charge in [-0.2, -0.15) is 0 Å². The molecular formula is C19H20N2O3S. The molecule has 2 aromatic heterocycles. The minimum Gasteiger partial charge on any atom is -0.469 e. The molecule has 0 aliphatic rings. The van der Waals surface area contributed by atoms with Crippen LogP contribution in [-0.4, -0.2) is 21.7 Å². The number of benzene rings is 1. The number of ketones is 1. The highest BCUT2D eigenvalue weighted by atomic mass is 32.2. The number of thioether (sulfide) groups is 1. The molecule has 0 saturated carbocycles. The molecule has 6 heteroatoms. The first-order valence-electron chi connectivity index (χ1n) is 8.00. The van der Waals surface area contributed by atoms with Gasteiger partial charge in [0.15, 0.2) is 5.78 Å². The van der Waals surface area contributed by atoms with Crippen LogP contribution in [0.25, 0.3) is 11.5 Å². The molecule has 0 N–H and O–H groups in total. The smallest absolute Gasteiger partial charge is 0.277 e. The van der Waals surface area contributed by atoms with Crippen LogP contribution in [0.15, 0.2) is 32.5 Å². The number of nitrogens with zero attached hydrogens (tertiary/aromatic N) is 2. The van der Waals surface area contributed by atoms with Crippen LogP contribution in [0.3, 0.4) is 0 Å². The molecule has 3 rings (SSSR count). The van der Waals surface area contributed by atoms with Crippen molar-refractivity contribution in [2.75, 3.05) is 5.75 Å². The van der Waals surface area contributed by atoms with E-state index in [0.717, 1.165) is 39.1 Å². The summed E-state index contributed by atoms with van der Waals surface area (Å²) < 4.78 is 10.9. The number of carbonyl (C=O) groups is 1. The predicted octanol–water partition coefficient (Wildman–Crippen LogP) is 4.85. The molecule has 0 saturated heterocycles. The number of rotatable bonds is 5. The SMILES string of the molecule is Cc1cc(C)c(C)c(C(=O)CSc2nnc(-c3ccoc3C)o2)c1C. The van der Waals surface area contributed by atoms with Crippen LogP contribution in [-0.2, 0) is 0 Å². The summed E-state index contributed by atoms with van der Waals surface area (Å²) in [6.07, 6.45) is 1.58. The second kappa shape index (κ2) is 6.88. The predicted molar refractivity (Wildman–Crippen MR) is 97.2 cm³/mol. The number of aromatic nitrogens is 2. The van der Waals surface area contributed by atoms with Gasteiger partial charge in [-0.3, -0.25) is 4.79 Å². The van der Waals surface area contributed by atoms with Crippen molar-refractivity contribution in [2.24, 2.45) is 0 Å². The number of furan rings is 1. The first kappa shape index (κ1) is 17.5. The van der Waals surface area contributed by atoms with E-state index in [1.165, 1.54) is 11.8 Å². The van der Waals surface area contributed by atoms with Gasteiger partial charge < -0.3 is 8.83 Å². The van der Waals surface area contributed by atoms with Gasteiger partial charge in [-0.1, -0.05) is 17.8 Å². The molecule has 0 spiro atoms. The topological polar surface area (TPSA) is 69.1 Å².